The molecule has 1 heterocycles. The molecule has 8 heteroatoms. The molecular weight excluding hydrogens is 388 g/mol. The Labute approximate surface area is 176 Å². The summed E-state index contributed by atoms with van der Waals surface area (Å²) in [6.07, 6.45) is 6.78. The average molecular weight is 417 g/mol. The summed E-state index contributed by atoms with van der Waals surface area (Å²) in [5.74, 6) is 1.95. The number of nitrogens with one attached hydrogen (secondary N) is 2. The minimum Gasteiger partial charge on any atom is -0.493 e. The number of aromatic nitrogens is 2. The van der Waals surface area contributed by atoms with E-state index in [2.05, 4.69) is 20.6 Å². The first kappa shape index (κ1) is 21.2. The third-order valence-electron chi connectivity index (χ3n) is 4.84. The standard InChI is InChI=1S/C21H28N4O3S/c1-13-19(24-14(2)26)20(25-21(23-13)29-4)22-12-15-9-10-17(27-3)18(11-15)28-16-7-5-6-8-16/h9-11,16H,5-8,12H2,1-4H3,(H,24,26)(H,22,23,25). The van der Waals surface area contributed by atoms with Gasteiger partial charge in [0.05, 0.1) is 18.9 Å². The van der Waals surface area contributed by atoms with Gasteiger partial charge in [0.25, 0.3) is 0 Å². The molecule has 0 atom stereocenters. The summed E-state index contributed by atoms with van der Waals surface area (Å²) in [4.78, 5) is 20.5. The number of aryl methyl sites for hydroxylation is 1. The molecule has 1 aromatic carbocycles. The number of ether oxygens (including phenoxy) is 2. The Hall–Kier alpha value is -2.48. The molecule has 3 rings (SSSR count). The van der Waals surface area contributed by atoms with Crippen LogP contribution in [-0.4, -0.2) is 35.3 Å². The fourth-order valence-corrected chi connectivity index (χ4v) is 3.80. The van der Waals surface area contributed by atoms with Gasteiger partial charge in [-0.25, -0.2) is 9.97 Å². The first-order valence-electron chi connectivity index (χ1n) is 9.77. The summed E-state index contributed by atoms with van der Waals surface area (Å²) >= 11 is 1.46. The lowest BCUT2D eigenvalue weighted by molar-refractivity contribution is -0.114. The van der Waals surface area contributed by atoms with Gasteiger partial charge in [0.2, 0.25) is 5.91 Å². The lowest BCUT2D eigenvalue weighted by atomic mass is 10.2. The van der Waals surface area contributed by atoms with Gasteiger partial charge in [0, 0.05) is 13.5 Å². The number of hydrogen-bond acceptors (Lipinski definition) is 7. The predicted octanol–water partition coefficient (Wildman–Crippen LogP) is 4.41. The molecule has 0 unspecified atom stereocenters. The third kappa shape index (κ3) is 5.53. The van der Waals surface area contributed by atoms with Gasteiger partial charge >= 0.3 is 0 Å². The molecule has 0 bridgehead atoms. The van der Waals surface area contributed by atoms with Gasteiger partial charge < -0.3 is 20.1 Å². The molecule has 2 aromatic rings. The van der Waals surface area contributed by atoms with Crippen molar-refractivity contribution in [3.05, 3.63) is 29.5 Å². The van der Waals surface area contributed by atoms with E-state index in [1.165, 1.54) is 31.5 Å². The molecule has 0 saturated heterocycles. The van der Waals surface area contributed by atoms with E-state index >= 15 is 0 Å². The highest BCUT2D eigenvalue weighted by atomic mass is 32.2. The Morgan fingerprint density at radius 3 is 2.66 bits per heavy atom. The minimum absolute atomic E-state index is 0.159. The van der Waals surface area contributed by atoms with E-state index in [0.29, 0.717) is 23.2 Å². The lowest BCUT2D eigenvalue weighted by Gasteiger charge is -2.18. The monoisotopic (exact) mass is 416 g/mol. The number of rotatable bonds is 8. The van der Waals surface area contributed by atoms with E-state index in [0.717, 1.165) is 35.6 Å². The summed E-state index contributed by atoms with van der Waals surface area (Å²) in [5, 5.41) is 6.81. The van der Waals surface area contributed by atoms with Crippen molar-refractivity contribution in [2.24, 2.45) is 0 Å². The summed E-state index contributed by atoms with van der Waals surface area (Å²) in [5.41, 5.74) is 2.36. The molecule has 0 spiro atoms. The van der Waals surface area contributed by atoms with E-state index in [9.17, 15) is 4.79 Å². The summed E-state index contributed by atoms with van der Waals surface area (Å²) in [6.45, 7) is 3.86. The van der Waals surface area contributed by atoms with Crippen LogP contribution in [0.15, 0.2) is 23.4 Å². The fourth-order valence-electron chi connectivity index (χ4n) is 3.39. The maximum atomic E-state index is 11.6. The molecule has 1 aliphatic rings. The van der Waals surface area contributed by atoms with Crippen LogP contribution in [0.4, 0.5) is 11.5 Å². The number of thioether (sulfide) groups is 1. The van der Waals surface area contributed by atoms with Crippen LogP contribution in [0.3, 0.4) is 0 Å². The second-order valence-corrected chi connectivity index (χ2v) is 7.84. The van der Waals surface area contributed by atoms with E-state index in [-0.39, 0.29) is 12.0 Å². The SMILES string of the molecule is COc1ccc(CNc2nc(SC)nc(C)c2NC(C)=O)cc1OC1CCCC1. The number of carbonyl (C=O) groups excluding carboxylic acids is 1. The van der Waals surface area contributed by atoms with Crippen LogP contribution in [0.2, 0.25) is 0 Å². The van der Waals surface area contributed by atoms with Crippen LogP contribution in [0.25, 0.3) is 0 Å². The van der Waals surface area contributed by atoms with Gasteiger partial charge in [-0.05, 0) is 56.6 Å². The summed E-state index contributed by atoms with van der Waals surface area (Å²) in [6, 6.07) is 5.93. The molecule has 29 heavy (non-hydrogen) atoms. The van der Waals surface area contributed by atoms with Crippen LogP contribution in [-0.2, 0) is 11.3 Å². The van der Waals surface area contributed by atoms with Crippen molar-refractivity contribution in [3.8, 4) is 11.5 Å². The molecule has 156 valence electrons. The zero-order chi connectivity index (χ0) is 20.8. The van der Waals surface area contributed by atoms with Crippen LogP contribution in [0.1, 0.15) is 43.9 Å². The maximum absolute atomic E-state index is 11.6. The molecule has 2 N–H and O–H groups in total. The number of anilines is 2. The highest BCUT2D eigenvalue weighted by Gasteiger charge is 2.19. The van der Waals surface area contributed by atoms with Gasteiger partial charge in [0.1, 0.15) is 5.69 Å². The molecule has 0 aliphatic heterocycles. The number of amides is 1. The first-order chi connectivity index (χ1) is 14.0. The number of benzene rings is 1. The van der Waals surface area contributed by atoms with E-state index in [1.54, 1.807) is 7.11 Å². The van der Waals surface area contributed by atoms with E-state index in [4.69, 9.17) is 9.47 Å². The number of carbonyl (C=O) groups is 1. The maximum Gasteiger partial charge on any atom is 0.221 e. The molecule has 1 saturated carbocycles. The largest absolute Gasteiger partial charge is 0.493 e. The quantitative estimate of drug-likeness (QED) is 0.487. The zero-order valence-electron chi connectivity index (χ0n) is 17.4. The Bertz CT molecular complexity index is 869. The minimum atomic E-state index is -0.159. The van der Waals surface area contributed by atoms with Crippen LogP contribution in [0, 0.1) is 6.92 Å². The van der Waals surface area contributed by atoms with Crippen molar-refractivity contribution in [2.75, 3.05) is 24.0 Å². The van der Waals surface area contributed by atoms with Crippen LogP contribution >= 0.6 is 11.8 Å². The Kier molecular flexibility index (Phi) is 7.19. The van der Waals surface area contributed by atoms with Crippen molar-refractivity contribution >= 4 is 29.2 Å². The summed E-state index contributed by atoms with van der Waals surface area (Å²) in [7, 11) is 1.65. The van der Waals surface area contributed by atoms with E-state index < -0.39 is 0 Å². The molecule has 0 radical (unpaired) electrons. The van der Waals surface area contributed by atoms with Crippen LogP contribution in [0.5, 0.6) is 11.5 Å². The van der Waals surface area contributed by atoms with Gasteiger partial charge in [0.15, 0.2) is 22.5 Å². The van der Waals surface area contributed by atoms with Gasteiger partial charge in [-0.15, -0.1) is 0 Å². The molecule has 7 nitrogen and oxygen atoms in total. The molecule has 1 fully saturated rings. The Balaban J connectivity index is 1.80. The highest BCUT2D eigenvalue weighted by molar-refractivity contribution is 7.98. The van der Waals surface area contributed by atoms with Crippen LogP contribution < -0.4 is 20.1 Å². The lowest BCUT2D eigenvalue weighted by Crippen LogP contribution is -2.14. The zero-order valence-corrected chi connectivity index (χ0v) is 18.2. The topological polar surface area (TPSA) is 85.4 Å². The second kappa shape index (κ2) is 9.82. The smallest absolute Gasteiger partial charge is 0.221 e. The molecule has 1 aliphatic carbocycles. The average Bonchev–Trinajstić information content (AvgIpc) is 3.21. The second-order valence-electron chi connectivity index (χ2n) is 7.06. The van der Waals surface area contributed by atoms with Crippen molar-refractivity contribution in [2.45, 2.75) is 57.3 Å². The fraction of sp³-hybridized carbons (Fsp3) is 0.476. The molecule has 1 aromatic heterocycles. The van der Waals surface area contributed by atoms with Crippen molar-refractivity contribution < 1.29 is 14.3 Å². The molecular formula is C21H28N4O3S. The first-order valence-corrected chi connectivity index (χ1v) is 11.0. The number of hydrogen-bond donors (Lipinski definition) is 2. The van der Waals surface area contributed by atoms with Gasteiger partial charge in [-0.1, -0.05) is 17.8 Å². The van der Waals surface area contributed by atoms with Gasteiger partial charge in [-0.2, -0.15) is 0 Å². The normalized spacial score (nSPS) is 13.9. The third-order valence-corrected chi connectivity index (χ3v) is 5.38. The summed E-state index contributed by atoms with van der Waals surface area (Å²) < 4.78 is 11.6. The Morgan fingerprint density at radius 1 is 1.24 bits per heavy atom. The predicted molar refractivity (Wildman–Crippen MR) is 116 cm³/mol. The number of nitrogens with zero attached hydrogens (tertiary/aromatic N) is 2. The van der Waals surface area contributed by atoms with Crippen molar-refractivity contribution in [1.29, 1.82) is 0 Å². The molecule has 1 amide bonds. The number of methoxy groups -OCH3 is 1. The Morgan fingerprint density at radius 2 is 2.00 bits per heavy atom. The van der Waals surface area contributed by atoms with Crippen molar-refractivity contribution in [3.63, 3.8) is 0 Å². The highest BCUT2D eigenvalue weighted by Crippen LogP contribution is 2.33. The van der Waals surface area contributed by atoms with Crippen molar-refractivity contribution in [1.82, 2.24) is 9.97 Å². The van der Waals surface area contributed by atoms with Gasteiger partial charge in [-0.3, -0.25) is 4.79 Å². The van der Waals surface area contributed by atoms with E-state index in [1.807, 2.05) is 31.4 Å².